The summed E-state index contributed by atoms with van der Waals surface area (Å²) in [5.41, 5.74) is 0.679. The average Bonchev–Trinajstić information content (AvgIpc) is 2.83. The number of benzene rings is 1. The van der Waals surface area contributed by atoms with E-state index in [1.54, 1.807) is 24.3 Å². The van der Waals surface area contributed by atoms with Gasteiger partial charge in [0.25, 0.3) is 5.24 Å². The maximum atomic E-state index is 11.6. The van der Waals surface area contributed by atoms with Crippen molar-refractivity contribution in [3.05, 3.63) is 30.3 Å². The summed E-state index contributed by atoms with van der Waals surface area (Å²) >= 11 is 0.823. The monoisotopic (exact) mass is 294 g/mol. The standard InChI is InChI=1S/C13H14N2O4S/c16-11(14-9-4-2-1-3-5-9)8-20-13(18)15-10-6-7-19-12(10)17/h1-5,10H,6-8H2,(H,14,16)(H,15,18)/t10-/m0/s1. The number of cyclic esters (lactones) is 1. The summed E-state index contributed by atoms with van der Waals surface area (Å²) in [6.07, 6.45) is 0.474. The van der Waals surface area contributed by atoms with Gasteiger partial charge in [0, 0.05) is 12.1 Å². The number of para-hydroxylation sites is 1. The van der Waals surface area contributed by atoms with E-state index in [0.717, 1.165) is 11.8 Å². The first kappa shape index (κ1) is 14.4. The highest BCUT2D eigenvalue weighted by molar-refractivity contribution is 8.14. The lowest BCUT2D eigenvalue weighted by atomic mass is 10.3. The summed E-state index contributed by atoms with van der Waals surface area (Å²) in [5, 5.41) is 4.78. The van der Waals surface area contributed by atoms with Crippen LogP contribution in [-0.2, 0) is 14.3 Å². The number of anilines is 1. The second-order valence-corrected chi connectivity index (χ2v) is 5.09. The lowest BCUT2D eigenvalue weighted by Crippen LogP contribution is -2.36. The minimum atomic E-state index is -0.591. The topological polar surface area (TPSA) is 84.5 Å². The van der Waals surface area contributed by atoms with Gasteiger partial charge in [0.05, 0.1) is 12.4 Å². The molecule has 0 aliphatic carbocycles. The number of esters is 1. The van der Waals surface area contributed by atoms with Crippen LogP contribution in [0.1, 0.15) is 6.42 Å². The van der Waals surface area contributed by atoms with E-state index in [1.165, 1.54) is 0 Å². The number of hydrogen-bond donors (Lipinski definition) is 2. The number of thioether (sulfide) groups is 1. The van der Waals surface area contributed by atoms with Gasteiger partial charge >= 0.3 is 5.97 Å². The molecule has 1 atom stereocenters. The molecule has 0 saturated carbocycles. The Balaban J connectivity index is 1.70. The van der Waals surface area contributed by atoms with Crippen molar-refractivity contribution in [2.24, 2.45) is 0 Å². The minimum Gasteiger partial charge on any atom is -0.464 e. The number of amides is 2. The second kappa shape index (κ2) is 6.95. The predicted octanol–water partition coefficient (Wildman–Crippen LogP) is 1.38. The third-order valence-corrected chi connectivity index (χ3v) is 3.41. The molecule has 106 valence electrons. The van der Waals surface area contributed by atoms with Crippen LogP contribution in [0, 0.1) is 0 Å². The first-order valence-electron chi connectivity index (χ1n) is 6.10. The summed E-state index contributed by atoms with van der Waals surface area (Å²) < 4.78 is 4.73. The SMILES string of the molecule is O=C(CSC(=O)N[C@H]1CCOC1=O)Nc1ccccc1. The second-order valence-electron chi connectivity index (χ2n) is 4.14. The molecule has 1 aliphatic heterocycles. The molecule has 1 fully saturated rings. The van der Waals surface area contributed by atoms with Crippen molar-refractivity contribution in [3.63, 3.8) is 0 Å². The quantitative estimate of drug-likeness (QED) is 0.820. The van der Waals surface area contributed by atoms with E-state index in [2.05, 4.69) is 10.6 Å². The molecule has 7 heteroatoms. The van der Waals surface area contributed by atoms with Crippen molar-refractivity contribution in [2.75, 3.05) is 17.7 Å². The third kappa shape index (κ3) is 4.27. The highest BCUT2D eigenvalue weighted by Crippen LogP contribution is 2.10. The first-order chi connectivity index (χ1) is 9.65. The summed E-state index contributed by atoms with van der Waals surface area (Å²) in [4.78, 5) is 34.3. The molecule has 0 spiro atoms. The number of hydrogen-bond acceptors (Lipinski definition) is 5. The van der Waals surface area contributed by atoms with Gasteiger partial charge in [-0.3, -0.25) is 9.59 Å². The van der Waals surface area contributed by atoms with E-state index in [0.29, 0.717) is 18.7 Å². The molecule has 2 N–H and O–H groups in total. The van der Waals surface area contributed by atoms with Gasteiger partial charge in [-0.1, -0.05) is 30.0 Å². The maximum absolute atomic E-state index is 11.6. The van der Waals surface area contributed by atoms with Crippen LogP contribution in [0.15, 0.2) is 30.3 Å². The van der Waals surface area contributed by atoms with Crippen molar-refractivity contribution < 1.29 is 19.1 Å². The Bertz CT molecular complexity index is 506. The summed E-state index contributed by atoms with van der Waals surface area (Å²) in [5.74, 6) is -0.708. The molecule has 2 rings (SSSR count). The Morgan fingerprint density at radius 1 is 1.30 bits per heavy atom. The van der Waals surface area contributed by atoms with Gasteiger partial charge in [0.1, 0.15) is 6.04 Å². The van der Waals surface area contributed by atoms with Crippen molar-refractivity contribution in [3.8, 4) is 0 Å². The molecule has 2 amide bonds. The van der Waals surface area contributed by atoms with Crippen LogP contribution in [0.4, 0.5) is 10.5 Å². The van der Waals surface area contributed by atoms with Crippen LogP contribution < -0.4 is 10.6 Å². The number of carbonyl (C=O) groups is 3. The van der Waals surface area contributed by atoms with Crippen LogP contribution in [0.25, 0.3) is 0 Å². The van der Waals surface area contributed by atoms with Gasteiger partial charge in [-0.25, -0.2) is 4.79 Å². The molecule has 0 aromatic heterocycles. The van der Waals surface area contributed by atoms with Crippen molar-refractivity contribution in [1.29, 1.82) is 0 Å². The highest BCUT2D eigenvalue weighted by Gasteiger charge is 2.28. The van der Waals surface area contributed by atoms with Crippen molar-refractivity contribution in [2.45, 2.75) is 12.5 Å². The molecule has 1 aromatic rings. The fraction of sp³-hybridized carbons (Fsp3) is 0.308. The van der Waals surface area contributed by atoms with Crippen LogP contribution in [-0.4, -0.2) is 35.5 Å². The van der Waals surface area contributed by atoms with E-state index < -0.39 is 17.3 Å². The molecule has 20 heavy (non-hydrogen) atoms. The van der Waals surface area contributed by atoms with Gasteiger partial charge in [-0.2, -0.15) is 0 Å². The number of ether oxygens (including phenoxy) is 1. The van der Waals surface area contributed by atoms with E-state index in [9.17, 15) is 14.4 Å². The molecule has 6 nitrogen and oxygen atoms in total. The Morgan fingerprint density at radius 2 is 2.05 bits per heavy atom. The zero-order valence-corrected chi connectivity index (χ0v) is 11.4. The minimum absolute atomic E-state index is 0.0114. The molecule has 0 radical (unpaired) electrons. The van der Waals surface area contributed by atoms with Crippen LogP contribution in [0.5, 0.6) is 0 Å². The normalized spacial score (nSPS) is 17.4. The molecule has 1 aromatic carbocycles. The largest absolute Gasteiger partial charge is 0.464 e. The van der Waals surface area contributed by atoms with E-state index in [-0.39, 0.29) is 11.7 Å². The Morgan fingerprint density at radius 3 is 2.70 bits per heavy atom. The van der Waals surface area contributed by atoms with Crippen LogP contribution >= 0.6 is 11.8 Å². The lowest BCUT2D eigenvalue weighted by Gasteiger charge is -2.08. The van der Waals surface area contributed by atoms with Crippen molar-refractivity contribution in [1.82, 2.24) is 5.32 Å². The van der Waals surface area contributed by atoms with Crippen LogP contribution in [0.3, 0.4) is 0 Å². The van der Waals surface area contributed by atoms with Crippen LogP contribution in [0.2, 0.25) is 0 Å². The molecular formula is C13H14N2O4S. The molecular weight excluding hydrogens is 280 g/mol. The molecule has 1 heterocycles. The average molecular weight is 294 g/mol. The summed E-state index contributed by atoms with van der Waals surface area (Å²) in [6, 6.07) is 8.39. The smallest absolute Gasteiger partial charge is 0.328 e. The predicted molar refractivity (Wildman–Crippen MR) is 75.4 cm³/mol. The zero-order chi connectivity index (χ0) is 14.4. The molecule has 0 unspecified atom stereocenters. The first-order valence-corrected chi connectivity index (χ1v) is 7.08. The van der Waals surface area contributed by atoms with Gasteiger partial charge in [-0.05, 0) is 12.1 Å². The van der Waals surface area contributed by atoms with Crippen molar-refractivity contribution >= 4 is 34.6 Å². The van der Waals surface area contributed by atoms with Gasteiger partial charge < -0.3 is 15.4 Å². The number of rotatable bonds is 4. The third-order valence-electron chi connectivity index (χ3n) is 2.62. The van der Waals surface area contributed by atoms with E-state index in [1.807, 2.05) is 6.07 Å². The van der Waals surface area contributed by atoms with E-state index in [4.69, 9.17) is 4.74 Å². The molecule has 1 aliphatic rings. The number of carbonyl (C=O) groups excluding carboxylic acids is 3. The Hall–Kier alpha value is -2.02. The Kier molecular flexibility index (Phi) is 5.00. The van der Waals surface area contributed by atoms with Gasteiger partial charge in [0.15, 0.2) is 0 Å². The fourth-order valence-electron chi connectivity index (χ4n) is 1.66. The Labute approximate surface area is 120 Å². The van der Waals surface area contributed by atoms with Gasteiger partial charge in [0.2, 0.25) is 5.91 Å². The summed E-state index contributed by atoms with van der Waals surface area (Å²) in [6.45, 7) is 0.322. The molecule has 0 bridgehead atoms. The maximum Gasteiger partial charge on any atom is 0.328 e. The highest BCUT2D eigenvalue weighted by atomic mass is 32.2. The molecule has 1 saturated heterocycles. The lowest BCUT2D eigenvalue weighted by molar-refractivity contribution is -0.139. The summed E-state index contributed by atoms with van der Waals surface area (Å²) in [7, 11) is 0. The fourth-order valence-corrected chi connectivity index (χ4v) is 2.22. The van der Waals surface area contributed by atoms with Gasteiger partial charge in [-0.15, -0.1) is 0 Å². The zero-order valence-electron chi connectivity index (χ0n) is 10.6. The van der Waals surface area contributed by atoms with E-state index >= 15 is 0 Å². The number of nitrogens with one attached hydrogen (secondary N) is 2.